The predicted octanol–water partition coefficient (Wildman–Crippen LogP) is 7.05. The molecule has 2 aromatic heterocycles. The van der Waals surface area contributed by atoms with E-state index in [4.69, 9.17) is 4.74 Å². The van der Waals surface area contributed by atoms with Crippen molar-refractivity contribution in [2.75, 3.05) is 11.9 Å². The van der Waals surface area contributed by atoms with Crippen molar-refractivity contribution in [3.63, 3.8) is 0 Å². The van der Waals surface area contributed by atoms with E-state index in [2.05, 4.69) is 20.3 Å². The molecule has 204 valence electrons. The quantitative estimate of drug-likeness (QED) is 0.188. The Hall–Kier alpha value is -4.22. The van der Waals surface area contributed by atoms with Crippen LogP contribution in [0.3, 0.4) is 0 Å². The fourth-order valence-corrected chi connectivity index (χ4v) is 3.92. The number of pyridine rings is 1. The summed E-state index contributed by atoms with van der Waals surface area (Å²) in [6, 6.07) is 12.2. The lowest BCUT2D eigenvalue weighted by Crippen LogP contribution is -2.11. The first-order valence-corrected chi connectivity index (χ1v) is 11.8. The maximum Gasteiger partial charge on any atom is 0.418 e. The van der Waals surface area contributed by atoms with Crippen LogP contribution in [0.15, 0.2) is 60.8 Å². The van der Waals surface area contributed by atoms with Crippen LogP contribution in [0, 0.1) is 0 Å². The Morgan fingerprint density at radius 3 is 2.38 bits per heavy atom. The van der Waals surface area contributed by atoms with Gasteiger partial charge in [0.05, 0.1) is 36.2 Å². The monoisotopic (exact) mass is 548 g/mol. The van der Waals surface area contributed by atoms with Crippen LogP contribution in [-0.4, -0.2) is 33.7 Å². The number of hydrogen-bond donors (Lipinski definition) is 1. The van der Waals surface area contributed by atoms with Gasteiger partial charge in [0.1, 0.15) is 11.6 Å². The number of alkyl halides is 6. The molecule has 2 heterocycles. The highest BCUT2D eigenvalue weighted by Gasteiger charge is 2.34. The van der Waals surface area contributed by atoms with E-state index in [1.54, 1.807) is 6.92 Å². The van der Waals surface area contributed by atoms with Gasteiger partial charge in [0.25, 0.3) is 0 Å². The summed E-state index contributed by atoms with van der Waals surface area (Å²) in [7, 11) is 0. The maximum absolute atomic E-state index is 13.6. The lowest BCUT2D eigenvalue weighted by Gasteiger charge is -2.14. The second-order valence-electron chi connectivity index (χ2n) is 8.54. The minimum atomic E-state index is -4.62. The van der Waals surface area contributed by atoms with Gasteiger partial charge in [0.2, 0.25) is 0 Å². The van der Waals surface area contributed by atoms with Gasteiger partial charge in [-0.3, -0.25) is 9.78 Å². The molecule has 39 heavy (non-hydrogen) atoms. The molecule has 0 unspecified atom stereocenters. The third-order valence-electron chi connectivity index (χ3n) is 5.61. The third kappa shape index (κ3) is 7.21. The molecule has 0 saturated heterocycles. The SMILES string of the molecule is CCOC(=O)CCc1nc(Nc2ccc(CC(F)(F)F)cc2)c2ccc(-c3ncccc3C(F)(F)F)cc2n1. The van der Waals surface area contributed by atoms with Crippen molar-refractivity contribution < 1.29 is 35.9 Å². The highest BCUT2D eigenvalue weighted by atomic mass is 19.4. The molecule has 0 amide bonds. The Labute approximate surface area is 219 Å². The van der Waals surface area contributed by atoms with E-state index in [0.29, 0.717) is 11.1 Å². The number of aryl methyl sites for hydroxylation is 1. The van der Waals surface area contributed by atoms with Crippen LogP contribution in [0.1, 0.15) is 30.3 Å². The normalized spacial score (nSPS) is 12.0. The van der Waals surface area contributed by atoms with E-state index >= 15 is 0 Å². The molecule has 0 aliphatic rings. The minimum absolute atomic E-state index is 0.0247. The summed E-state index contributed by atoms with van der Waals surface area (Å²) in [5, 5.41) is 3.49. The topological polar surface area (TPSA) is 77.0 Å². The van der Waals surface area contributed by atoms with Gasteiger partial charge in [-0.2, -0.15) is 26.3 Å². The molecule has 0 aliphatic heterocycles. The summed E-state index contributed by atoms with van der Waals surface area (Å²) in [5.41, 5.74) is -0.197. The summed E-state index contributed by atoms with van der Waals surface area (Å²) in [6.45, 7) is 1.87. The molecule has 4 aromatic rings. The van der Waals surface area contributed by atoms with Gasteiger partial charge in [-0.05, 0) is 48.9 Å². The Bertz CT molecular complexity index is 1470. The molecule has 6 nitrogen and oxygen atoms in total. The number of anilines is 2. The number of hydrogen-bond acceptors (Lipinski definition) is 6. The number of benzene rings is 2. The van der Waals surface area contributed by atoms with Crippen molar-refractivity contribution in [3.8, 4) is 11.3 Å². The Balaban J connectivity index is 1.74. The van der Waals surface area contributed by atoms with Crippen molar-refractivity contribution in [1.29, 1.82) is 0 Å². The van der Waals surface area contributed by atoms with Crippen molar-refractivity contribution in [2.45, 2.75) is 38.5 Å². The zero-order valence-corrected chi connectivity index (χ0v) is 20.5. The summed E-state index contributed by atoms with van der Waals surface area (Å²) < 4.78 is 83.8. The van der Waals surface area contributed by atoms with Gasteiger partial charge in [0.15, 0.2) is 0 Å². The van der Waals surface area contributed by atoms with Gasteiger partial charge < -0.3 is 10.1 Å². The smallest absolute Gasteiger partial charge is 0.418 e. The first-order valence-electron chi connectivity index (χ1n) is 11.8. The lowest BCUT2D eigenvalue weighted by atomic mass is 10.0. The molecule has 0 fully saturated rings. The maximum atomic E-state index is 13.6. The molecule has 1 N–H and O–H groups in total. The van der Waals surface area contributed by atoms with Crippen molar-refractivity contribution in [3.05, 3.63) is 77.7 Å². The van der Waals surface area contributed by atoms with Crippen LogP contribution in [-0.2, 0) is 28.5 Å². The molecule has 0 radical (unpaired) electrons. The highest BCUT2D eigenvalue weighted by Crippen LogP contribution is 2.37. The molecule has 0 saturated carbocycles. The van der Waals surface area contributed by atoms with Crippen LogP contribution in [0.5, 0.6) is 0 Å². The lowest BCUT2D eigenvalue weighted by molar-refractivity contribution is -0.143. The molecule has 2 aromatic carbocycles. The van der Waals surface area contributed by atoms with Gasteiger partial charge in [-0.1, -0.05) is 18.2 Å². The van der Waals surface area contributed by atoms with Gasteiger partial charge in [0, 0.05) is 29.3 Å². The van der Waals surface area contributed by atoms with Gasteiger partial charge >= 0.3 is 18.3 Å². The van der Waals surface area contributed by atoms with Crippen LogP contribution in [0.2, 0.25) is 0 Å². The first kappa shape index (κ1) is 27.8. The number of ether oxygens (including phenoxy) is 1. The Kier molecular flexibility index (Phi) is 8.03. The molecule has 0 aliphatic carbocycles. The van der Waals surface area contributed by atoms with Crippen LogP contribution in [0.25, 0.3) is 22.2 Å². The number of nitrogens with zero attached hydrogens (tertiary/aromatic N) is 3. The number of carbonyl (C=O) groups is 1. The summed E-state index contributed by atoms with van der Waals surface area (Å²) >= 11 is 0. The Morgan fingerprint density at radius 2 is 1.72 bits per heavy atom. The largest absolute Gasteiger partial charge is 0.466 e. The number of nitrogens with one attached hydrogen (secondary N) is 1. The molecule has 0 atom stereocenters. The Morgan fingerprint density at radius 1 is 0.974 bits per heavy atom. The van der Waals surface area contributed by atoms with E-state index in [-0.39, 0.29) is 53.4 Å². The van der Waals surface area contributed by atoms with Crippen molar-refractivity contribution in [1.82, 2.24) is 15.0 Å². The van der Waals surface area contributed by atoms with E-state index in [1.165, 1.54) is 54.7 Å². The van der Waals surface area contributed by atoms with E-state index in [9.17, 15) is 31.1 Å². The fraction of sp³-hybridized carbons (Fsp3) is 0.259. The van der Waals surface area contributed by atoms with Crippen molar-refractivity contribution in [2.24, 2.45) is 0 Å². The minimum Gasteiger partial charge on any atom is -0.466 e. The average Bonchev–Trinajstić information content (AvgIpc) is 2.87. The second kappa shape index (κ2) is 11.3. The molecule has 4 rings (SSSR count). The number of rotatable bonds is 8. The standard InChI is InChI=1S/C27H22F6N4O2/c1-2-39-23(38)12-11-22-36-21-14-17(24-20(27(31,32)33)4-3-13-34-24)7-10-19(21)25(37-22)35-18-8-5-16(6-9-18)15-26(28,29)30/h3-10,13-14H,2,11-12,15H2,1H3,(H,35,36,37). The third-order valence-corrected chi connectivity index (χ3v) is 5.61. The van der Waals surface area contributed by atoms with Crippen LogP contribution < -0.4 is 5.32 Å². The van der Waals surface area contributed by atoms with Crippen LogP contribution >= 0.6 is 0 Å². The fourth-order valence-electron chi connectivity index (χ4n) is 3.92. The van der Waals surface area contributed by atoms with Gasteiger partial charge in [-0.15, -0.1) is 0 Å². The molecule has 0 spiro atoms. The number of esters is 1. The second-order valence-corrected chi connectivity index (χ2v) is 8.54. The molecular weight excluding hydrogens is 526 g/mol. The van der Waals surface area contributed by atoms with E-state index in [1.807, 2.05) is 0 Å². The van der Waals surface area contributed by atoms with Crippen molar-refractivity contribution >= 4 is 28.4 Å². The first-order chi connectivity index (χ1) is 18.4. The van der Waals surface area contributed by atoms with Crippen LogP contribution in [0.4, 0.5) is 37.8 Å². The van der Waals surface area contributed by atoms with E-state index in [0.717, 1.165) is 6.07 Å². The number of carbonyl (C=O) groups excluding carboxylic acids is 1. The number of aromatic nitrogens is 3. The molecule has 0 bridgehead atoms. The summed E-state index contributed by atoms with van der Waals surface area (Å²) in [4.78, 5) is 24.7. The average molecular weight is 548 g/mol. The summed E-state index contributed by atoms with van der Waals surface area (Å²) in [6.07, 6.45) is -8.71. The highest BCUT2D eigenvalue weighted by molar-refractivity contribution is 5.93. The number of halogens is 6. The molecular formula is C27H22F6N4O2. The van der Waals surface area contributed by atoms with Gasteiger partial charge in [-0.25, -0.2) is 9.97 Å². The summed E-state index contributed by atoms with van der Waals surface area (Å²) in [5.74, 6) is 0.0278. The zero-order valence-electron chi connectivity index (χ0n) is 20.5. The number of fused-ring (bicyclic) bond motifs is 1. The molecule has 12 heteroatoms. The zero-order chi connectivity index (χ0) is 28.2. The van der Waals surface area contributed by atoms with E-state index < -0.39 is 30.3 Å². The predicted molar refractivity (Wildman–Crippen MR) is 132 cm³/mol.